The van der Waals surface area contributed by atoms with E-state index >= 15 is 0 Å². The Morgan fingerprint density at radius 2 is 2.00 bits per heavy atom. The zero-order valence-electron chi connectivity index (χ0n) is 15.4. The van der Waals surface area contributed by atoms with Gasteiger partial charge in [-0.25, -0.2) is 4.39 Å². The van der Waals surface area contributed by atoms with Crippen molar-refractivity contribution in [3.63, 3.8) is 0 Å². The van der Waals surface area contributed by atoms with Crippen molar-refractivity contribution < 1.29 is 36.2 Å². The first kappa shape index (κ1) is 20.0. The number of amides is 1. The van der Waals surface area contributed by atoms with Crippen molar-refractivity contribution in [1.82, 2.24) is 5.32 Å². The van der Waals surface area contributed by atoms with Crippen molar-refractivity contribution in [3.8, 4) is 0 Å². The number of fused-ring (bicyclic) bond motifs is 3. The van der Waals surface area contributed by atoms with Crippen LogP contribution in [0.5, 0.6) is 0 Å². The molecule has 2 aliphatic rings. The highest BCUT2D eigenvalue weighted by molar-refractivity contribution is 6.07. The summed E-state index contributed by atoms with van der Waals surface area (Å²) in [6.07, 6.45) is -4.98. The maximum absolute atomic E-state index is 13.2. The molecule has 6 nitrogen and oxygen atoms in total. The lowest BCUT2D eigenvalue weighted by molar-refractivity contribution is -0.143. The molecule has 2 aliphatic heterocycles. The molecule has 0 spiro atoms. The Bertz CT molecular complexity index is 898. The number of nitrogens with zero attached hydrogens (tertiary/aromatic N) is 1. The molecule has 0 radical (unpaired) electrons. The van der Waals surface area contributed by atoms with Gasteiger partial charge in [0, 0.05) is 25.0 Å². The van der Waals surface area contributed by atoms with Gasteiger partial charge >= 0.3 is 6.18 Å². The molecule has 1 fully saturated rings. The van der Waals surface area contributed by atoms with E-state index in [1.807, 2.05) is 4.90 Å². The molecular weight excluding hydrogens is 396 g/mol. The molecule has 1 N–H and O–H groups in total. The minimum Gasteiger partial charge on any atom is -0.449 e. The lowest BCUT2D eigenvalue weighted by Crippen LogP contribution is -2.40. The first-order valence-electron chi connectivity index (χ1n) is 9.33. The van der Waals surface area contributed by atoms with Gasteiger partial charge in [-0.15, -0.1) is 0 Å². The van der Waals surface area contributed by atoms with Crippen LogP contribution < -0.4 is 10.2 Å². The summed E-state index contributed by atoms with van der Waals surface area (Å²) < 4.78 is 68.9. The molecule has 1 amide bonds. The summed E-state index contributed by atoms with van der Waals surface area (Å²) in [6, 6.07) is 3.16. The lowest BCUT2D eigenvalue weighted by atomic mass is 10.1. The zero-order chi connectivity index (χ0) is 20.6. The molecule has 4 rings (SSSR count). The van der Waals surface area contributed by atoms with Gasteiger partial charge in [0.05, 0.1) is 30.6 Å². The molecule has 2 unspecified atom stereocenters. The van der Waals surface area contributed by atoms with Gasteiger partial charge in [-0.2, -0.15) is 13.2 Å². The fourth-order valence-corrected chi connectivity index (χ4v) is 3.66. The second kappa shape index (κ2) is 7.83. The second-order valence-electron chi connectivity index (χ2n) is 7.09. The smallest absolute Gasteiger partial charge is 0.416 e. The van der Waals surface area contributed by atoms with E-state index in [2.05, 4.69) is 5.32 Å². The van der Waals surface area contributed by atoms with Crippen LogP contribution in [0.3, 0.4) is 0 Å². The van der Waals surface area contributed by atoms with Crippen LogP contribution in [-0.2, 0) is 15.7 Å². The number of carbonyl (C=O) groups excluding carboxylic acids is 1. The number of carbonyl (C=O) groups is 1. The van der Waals surface area contributed by atoms with Gasteiger partial charge in [0.2, 0.25) is 5.76 Å². The van der Waals surface area contributed by atoms with Crippen molar-refractivity contribution in [2.45, 2.75) is 24.8 Å². The Hall–Kier alpha value is -2.33. The first-order chi connectivity index (χ1) is 13.9. The Morgan fingerprint density at radius 1 is 1.21 bits per heavy atom. The molecule has 10 heteroatoms. The Morgan fingerprint density at radius 3 is 2.76 bits per heavy atom. The molecule has 0 bridgehead atoms. The average molecular weight is 416 g/mol. The summed E-state index contributed by atoms with van der Waals surface area (Å²) >= 11 is 0. The predicted molar refractivity (Wildman–Crippen MR) is 95.8 cm³/mol. The number of hydrogen-bond donors (Lipinski definition) is 1. The highest BCUT2D eigenvalue weighted by Gasteiger charge is 2.34. The molecular formula is C19H20F4N2O4. The molecule has 158 valence electrons. The topological polar surface area (TPSA) is 63.9 Å². The molecule has 3 heterocycles. The summed E-state index contributed by atoms with van der Waals surface area (Å²) in [6.45, 7) is 0.974. The zero-order valence-corrected chi connectivity index (χ0v) is 15.4. The quantitative estimate of drug-likeness (QED) is 0.776. The Balaban J connectivity index is 1.64. The van der Waals surface area contributed by atoms with Gasteiger partial charge in [0.25, 0.3) is 5.91 Å². The number of anilines is 1. The third-order valence-electron chi connectivity index (χ3n) is 5.06. The van der Waals surface area contributed by atoms with Gasteiger partial charge in [-0.05, 0) is 24.6 Å². The van der Waals surface area contributed by atoms with Crippen LogP contribution >= 0.6 is 0 Å². The van der Waals surface area contributed by atoms with E-state index in [4.69, 9.17) is 13.9 Å². The molecule has 1 saturated heterocycles. The number of nitrogens with one attached hydrogen (secondary N) is 1. The summed E-state index contributed by atoms with van der Waals surface area (Å²) in [5.41, 5.74) is -0.271. The largest absolute Gasteiger partial charge is 0.449 e. The Labute approximate surface area is 163 Å². The van der Waals surface area contributed by atoms with Crippen molar-refractivity contribution in [3.05, 3.63) is 29.5 Å². The molecule has 0 saturated carbocycles. The summed E-state index contributed by atoms with van der Waals surface area (Å²) in [7, 11) is 0. The normalized spacial score (nSPS) is 23.0. The molecule has 29 heavy (non-hydrogen) atoms. The van der Waals surface area contributed by atoms with E-state index in [-0.39, 0.29) is 29.4 Å². The maximum Gasteiger partial charge on any atom is 0.416 e. The highest BCUT2D eigenvalue weighted by atomic mass is 19.4. The van der Waals surface area contributed by atoms with Crippen LogP contribution in [-0.4, -0.2) is 57.6 Å². The summed E-state index contributed by atoms with van der Waals surface area (Å²) in [5, 5.41) is 2.92. The molecule has 2 atom stereocenters. The number of rotatable bonds is 4. The molecule has 2 aromatic rings. The fourth-order valence-electron chi connectivity index (χ4n) is 3.66. The van der Waals surface area contributed by atoms with Crippen LogP contribution in [0.15, 0.2) is 22.6 Å². The van der Waals surface area contributed by atoms with Crippen LogP contribution in [0.2, 0.25) is 0 Å². The monoisotopic (exact) mass is 416 g/mol. The van der Waals surface area contributed by atoms with Gasteiger partial charge in [-0.1, -0.05) is 0 Å². The second-order valence-corrected chi connectivity index (χ2v) is 7.09. The van der Waals surface area contributed by atoms with Gasteiger partial charge in [0.1, 0.15) is 18.4 Å². The first-order valence-corrected chi connectivity index (χ1v) is 9.33. The third-order valence-corrected chi connectivity index (χ3v) is 5.06. The standard InChI is InChI=1S/C19H20F4N2O4/c20-8-13-10-27-9-12(28-13)3-5-25-6-4-24-18(26)17-16(25)14-7-11(19(21,22)23)1-2-15(14)29-17/h1-2,7,12-13H,3-6,8-10H2,(H,24,26). The number of furan rings is 1. The third kappa shape index (κ3) is 4.04. The van der Waals surface area contributed by atoms with E-state index in [1.54, 1.807) is 0 Å². The van der Waals surface area contributed by atoms with E-state index in [0.717, 1.165) is 12.1 Å². The maximum atomic E-state index is 13.2. The summed E-state index contributed by atoms with van der Waals surface area (Å²) in [5.74, 6) is -0.485. The number of alkyl halides is 4. The molecule has 1 aromatic carbocycles. The SMILES string of the molecule is O=C1NCCN(CCC2COCC(CF)O2)c2c1oc1ccc(C(F)(F)F)cc21. The van der Waals surface area contributed by atoms with E-state index in [1.165, 1.54) is 6.07 Å². The molecule has 1 aromatic heterocycles. The highest BCUT2D eigenvalue weighted by Crippen LogP contribution is 2.39. The Kier molecular flexibility index (Phi) is 5.39. The van der Waals surface area contributed by atoms with Gasteiger partial charge < -0.3 is 24.1 Å². The minimum atomic E-state index is -4.51. The predicted octanol–water partition coefficient (Wildman–Crippen LogP) is 3.15. The van der Waals surface area contributed by atoms with Gasteiger partial charge in [0.15, 0.2) is 0 Å². The van der Waals surface area contributed by atoms with Crippen molar-refractivity contribution >= 4 is 22.6 Å². The minimum absolute atomic E-state index is 0.0146. The van der Waals surface area contributed by atoms with Crippen molar-refractivity contribution in [2.24, 2.45) is 0 Å². The van der Waals surface area contributed by atoms with Crippen molar-refractivity contribution in [1.29, 1.82) is 0 Å². The van der Waals surface area contributed by atoms with Crippen molar-refractivity contribution in [2.75, 3.05) is 44.4 Å². The van der Waals surface area contributed by atoms with E-state index in [0.29, 0.717) is 38.3 Å². The lowest BCUT2D eigenvalue weighted by Gasteiger charge is -2.31. The van der Waals surface area contributed by atoms with Crippen LogP contribution in [0, 0.1) is 0 Å². The fraction of sp³-hybridized carbons (Fsp3) is 0.526. The average Bonchev–Trinajstić information content (AvgIpc) is 3.01. The van der Waals surface area contributed by atoms with Gasteiger partial charge in [-0.3, -0.25) is 4.79 Å². The molecule has 0 aliphatic carbocycles. The van der Waals surface area contributed by atoms with Crippen LogP contribution in [0.25, 0.3) is 11.0 Å². The van der Waals surface area contributed by atoms with Crippen LogP contribution in [0.1, 0.15) is 22.5 Å². The number of benzene rings is 1. The number of halogens is 4. The van der Waals surface area contributed by atoms with E-state index < -0.39 is 30.4 Å². The number of ether oxygens (including phenoxy) is 2. The summed E-state index contributed by atoms with van der Waals surface area (Å²) in [4.78, 5) is 14.2. The number of hydrogen-bond acceptors (Lipinski definition) is 5. The van der Waals surface area contributed by atoms with Crippen LogP contribution in [0.4, 0.5) is 23.2 Å². The van der Waals surface area contributed by atoms with E-state index in [9.17, 15) is 22.4 Å².